The Morgan fingerprint density at radius 1 is 1.00 bits per heavy atom. The Balaban J connectivity index is 2.36. The Morgan fingerprint density at radius 3 is 2.14 bits per heavy atom. The van der Waals surface area contributed by atoms with Gasteiger partial charge in [-0.3, -0.25) is 10.1 Å². The zero-order chi connectivity index (χ0) is 21.5. The summed E-state index contributed by atoms with van der Waals surface area (Å²) in [6, 6.07) is 13.5. The Hall–Kier alpha value is -3.07. The molecule has 1 amide bonds. The van der Waals surface area contributed by atoms with Crippen LogP contribution in [0.25, 0.3) is 0 Å². The van der Waals surface area contributed by atoms with Crippen molar-refractivity contribution < 1.29 is 32.2 Å². The van der Waals surface area contributed by atoms with Gasteiger partial charge in [-0.25, -0.2) is 4.79 Å². The van der Waals surface area contributed by atoms with Crippen molar-refractivity contribution in [3.05, 3.63) is 65.7 Å². The van der Waals surface area contributed by atoms with Crippen LogP contribution in [-0.4, -0.2) is 37.4 Å². The smallest absolute Gasteiger partial charge is 0.436 e. The second kappa shape index (κ2) is 9.42. The summed E-state index contributed by atoms with van der Waals surface area (Å²) >= 11 is 0. The fraction of sp³-hybridized carbons (Fsp3) is 0.300. The molecule has 0 fully saturated rings. The first-order chi connectivity index (χ1) is 13.7. The number of hydrogen-bond acceptors (Lipinski definition) is 5. The highest BCUT2D eigenvalue weighted by Crippen LogP contribution is 2.31. The normalized spacial score (nSPS) is 13.3. The molecule has 0 saturated carbocycles. The molecule has 9 heteroatoms. The van der Waals surface area contributed by atoms with Gasteiger partial charge in [-0.2, -0.15) is 13.2 Å². The maximum atomic E-state index is 14.0. The molecule has 0 bridgehead atoms. The molecule has 156 valence electrons. The van der Waals surface area contributed by atoms with Gasteiger partial charge in [-0.15, -0.1) is 0 Å². The van der Waals surface area contributed by atoms with E-state index in [1.54, 1.807) is 23.5 Å². The second-order valence-electron chi connectivity index (χ2n) is 5.99. The van der Waals surface area contributed by atoms with Gasteiger partial charge in [-0.05, 0) is 36.8 Å². The van der Waals surface area contributed by atoms with Crippen molar-refractivity contribution in [2.24, 2.45) is 0 Å². The molecule has 1 unspecified atom stereocenters. The number of halogens is 3. The summed E-state index contributed by atoms with van der Waals surface area (Å²) in [6.45, 7) is 0.723. The second-order valence-corrected chi connectivity index (χ2v) is 5.99. The van der Waals surface area contributed by atoms with E-state index in [1.165, 1.54) is 50.4 Å². The highest BCUT2D eigenvalue weighted by molar-refractivity contribution is 5.98. The van der Waals surface area contributed by atoms with E-state index >= 15 is 0 Å². The average molecular weight is 410 g/mol. The molecule has 0 saturated heterocycles. The number of esters is 1. The van der Waals surface area contributed by atoms with E-state index in [0.717, 1.165) is 0 Å². The quantitative estimate of drug-likeness (QED) is 0.517. The van der Waals surface area contributed by atoms with Crippen LogP contribution in [0.3, 0.4) is 0 Å². The number of alkyl halides is 3. The van der Waals surface area contributed by atoms with Gasteiger partial charge in [0.25, 0.3) is 11.6 Å². The minimum atomic E-state index is -5.17. The highest BCUT2D eigenvalue weighted by atomic mass is 19.4. The number of benzene rings is 2. The van der Waals surface area contributed by atoms with E-state index in [2.05, 4.69) is 10.1 Å². The van der Waals surface area contributed by atoms with Crippen LogP contribution < -0.4 is 15.4 Å². The van der Waals surface area contributed by atoms with Gasteiger partial charge >= 0.3 is 12.1 Å². The molecule has 0 aliphatic heterocycles. The molecule has 0 aromatic heterocycles. The van der Waals surface area contributed by atoms with E-state index in [9.17, 15) is 22.8 Å². The SMILES string of the molecule is CCOC(=O)C(NCc1ccc(OC)cc1)(NC(=O)c1ccccc1)C(F)(F)F. The Labute approximate surface area is 166 Å². The van der Waals surface area contributed by atoms with Crippen molar-refractivity contribution in [1.82, 2.24) is 10.6 Å². The fourth-order valence-corrected chi connectivity index (χ4v) is 2.50. The molecule has 2 aromatic carbocycles. The monoisotopic (exact) mass is 410 g/mol. The topological polar surface area (TPSA) is 76.7 Å². The third-order valence-corrected chi connectivity index (χ3v) is 4.06. The third kappa shape index (κ3) is 5.26. The number of carbonyl (C=O) groups is 2. The highest BCUT2D eigenvalue weighted by Gasteiger charge is 2.63. The molecule has 0 spiro atoms. The molecule has 29 heavy (non-hydrogen) atoms. The lowest BCUT2D eigenvalue weighted by Gasteiger charge is -2.34. The first-order valence-electron chi connectivity index (χ1n) is 8.73. The molecule has 2 rings (SSSR count). The lowest BCUT2D eigenvalue weighted by molar-refractivity contribution is -0.219. The summed E-state index contributed by atoms with van der Waals surface area (Å²) in [6.07, 6.45) is -5.17. The van der Waals surface area contributed by atoms with Crippen molar-refractivity contribution in [2.45, 2.75) is 25.3 Å². The lowest BCUT2D eigenvalue weighted by atomic mass is 10.1. The van der Waals surface area contributed by atoms with Crippen LogP contribution in [0.1, 0.15) is 22.8 Å². The third-order valence-electron chi connectivity index (χ3n) is 4.06. The van der Waals surface area contributed by atoms with Crippen LogP contribution >= 0.6 is 0 Å². The maximum Gasteiger partial charge on any atom is 0.436 e. The summed E-state index contributed by atoms with van der Waals surface area (Å²) in [5.41, 5.74) is -3.01. The summed E-state index contributed by atoms with van der Waals surface area (Å²) in [5, 5.41) is 3.93. The van der Waals surface area contributed by atoms with E-state index in [1.807, 2.05) is 0 Å². The van der Waals surface area contributed by atoms with Gasteiger partial charge in [-0.1, -0.05) is 30.3 Å². The van der Waals surface area contributed by atoms with Gasteiger partial charge in [0.15, 0.2) is 0 Å². The molecule has 0 aliphatic carbocycles. The molecule has 1 atom stereocenters. The van der Waals surface area contributed by atoms with Crippen molar-refractivity contribution in [3.8, 4) is 5.75 Å². The predicted octanol–water partition coefficient (Wildman–Crippen LogP) is 3.04. The first-order valence-corrected chi connectivity index (χ1v) is 8.73. The predicted molar refractivity (Wildman–Crippen MR) is 99.2 cm³/mol. The van der Waals surface area contributed by atoms with Crippen LogP contribution in [0.2, 0.25) is 0 Å². The van der Waals surface area contributed by atoms with Gasteiger partial charge < -0.3 is 14.8 Å². The van der Waals surface area contributed by atoms with Gasteiger partial charge in [0.1, 0.15) is 5.75 Å². The van der Waals surface area contributed by atoms with E-state index in [-0.39, 0.29) is 18.7 Å². The lowest BCUT2D eigenvalue weighted by Crippen LogP contribution is -2.72. The number of hydrogen-bond donors (Lipinski definition) is 2. The van der Waals surface area contributed by atoms with Crippen molar-refractivity contribution >= 4 is 11.9 Å². The largest absolute Gasteiger partial charge is 0.497 e. The number of nitrogens with one attached hydrogen (secondary N) is 2. The molecule has 2 aromatic rings. The number of rotatable bonds is 8. The van der Waals surface area contributed by atoms with Crippen molar-refractivity contribution in [3.63, 3.8) is 0 Å². The summed E-state index contributed by atoms with van der Waals surface area (Å²) in [4.78, 5) is 24.8. The van der Waals surface area contributed by atoms with Gasteiger partial charge in [0.2, 0.25) is 0 Å². The van der Waals surface area contributed by atoms with Crippen LogP contribution in [0.15, 0.2) is 54.6 Å². The maximum absolute atomic E-state index is 14.0. The number of carbonyl (C=O) groups excluding carboxylic acids is 2. The van der Waals surface area contributed by atoms with Crippen molar-refractivity contribution in [1.29, 1.82) is 0 Å². The standard InChI is InChI=1S/C20H21F3N2O4/c1-3-29-18(27)19(20(21,22)23,25-17(26)15-7-5-4-6-8-15)24-13-14-9-11-16(28-2)12-10-14/h4-12,24H,3,13H2,1-2H3,(H,25,26). The molecule has 6 nitrogen and oxygen atoms in total. The fourth-order valence-electron chi connectivity index (χ4n) is 2.50. The van der Waals surface area contributed by atoms with Gasteiger partial charge in [0.05, 0.1) is 13.7 Å². The van der Waals surface area contributed by atoms with Crippen molar-refractivity contribution in [2.75, 3.05) is 13.7 Å². The van der Waals surface area contributed by atoms with E-state index in [4.69, 9.17) is 4.74 Å². The van der Waals surface area contributed by atoms with Crippen LogP contribution in [-0.2, 0) is 16.1 Å². The molecule has 0 aliphatic rings. The molecule has 0 radical (unpaired) electrons. The van der Waals surface area contributed by atoms with Crippen LogP contribution in [0, 0.1) is 0 Å². The average Bonchev–Trinajstić information content (AvgIpc) is 2.71. The Bertz CT molecular complexity index is 826. The first kappa shape index (κ1) is 22.2. The molecule has 2 N–H and O–H groups in total. The Kier molecular flexibility index (Phi) is 7.22. The number of methoxy groups -OCH3 is 1. The number of ether oxygens (including phenoxy) is 2. The van der Waals surface area contributed by atoms with Crippen LogP contribution in [0.5, 0.6) is 5.75 Å². The summed E-state index contributed by atoms with van der Waals surface area (Å²) < 4.78 is 51.8. The Morgan fingerprint density at radius 2 is 1.62 bits per heavy atom. The molecular weight excluding hydrogens is 389 g/mol. The minimum absolute atomic E-state index is 0.0309. The number of amides is 1. The van der Waals surface area contributed by atoms with E-state index < -0.39 is 23.7 Å². The summed E-state index contributed by atoms with van der Waals surface area (Å²) in [5.74, 6) is -2.19. The zero-order valence-corrected chi connectivity index (χ0v) is 15.9. The molecule has 0 heterocycles. The summed E-state index contributed by atoms with van der Waals surface area (Å²) in [7, 11) is 1.46. The van der Waals surface area contributed by atoms with Crippen LogP contribution in [0.4, 0.5) is 13.2 Å². The van der Waals surface area contributed by atoms with E-state index in [0.29, 0.717) is 11.3 Å². The zero-order valence-electron chi connectivity index (χ0n) is 15.9. The minimum Gasteiger partial charge on any atom is -0.497 e. The van der Waals surface area contributed by atoms with Gasteiger partial charge in [0, 0.05) is 12.1 Å². The molecular formula is C20H21F3N2O4.